The summed E-state index contributed by atoms with van der Waals surface area (Å²) in [6, 6.07) is 8.15. The van der Waals surface area contributed by atoms with E-state index in [1.54, 1.807) is 12.1 Å². The number of nitro benzene ring substituents is 1. The fourth-order valence-corrected chi connectivity index (χ4v) is 3.60. The smallest absolute Gasteiger partial charge is 0.285 e. The summed E-state index contributed by atoms with van der Waals surface area (Å²) < 4.78 is 27.8. The van der Waals surface area contributed by atoms with Crippen LogP contribution in [0.1, 0.15) is 5.56 Å². The molecule has 1 aliphatic heterocycles. The first-order valence-electron chi connectivity index (χ1n) is 6.14. The van der Waals surface area contributed by atoms with Crippen molar-refractivity contribution in [1.82, 2.24) is 0 Å². The molecule has 1 heterocycles. The van der Waals surface area contributed by atoms with E-state index < -0.39 is 14.9 Å². The highest BCUT2D eigenvalue weighted by Gasteiger charge is 2.31. The van der Waals surface area contributed by atoms with Crippen molar-refractivity contribution < 1.29 is 13.3 Å². The number of anilines is 1. The molecule has 0 aliphatic carbocycles. The third kappa shape index (κ3) is 2.88. The highest BCUT2D eigenvalue weighted by Crippen LogP contribution is 2.32. The van der Waals surface area contributed by atoms with E-state index in [-0.39, 0.29) is 22.0 Å². The van der Waals surface area contributed by atoms with Crippen molar-refractivity contribution in [1.29, 1.82) is 0 Å². The molecular formula is C13H7Cl2N3O4S. The Morgan fingerprint density at radius 1 is 1.13 bits per heavy atom. The number of rotatable bonds is 2. The van der Waals surface area contributed by atoms with Crippen LogP contribution in [0.4, 0.5) is 11.4 Å². The predicted molar refractivity (Wildman–Crippen MR) is 86.9 cm³/mol. The lowest BCUT2D eigenvalue weighted by molar-refractivity contribution is -0.385. The van der Waals surface area contributed by atoms with Crippen LogP contribution < -0.4 is 5.32 Å². The van der Waals surface area contributed by atoms with E-state index in [0.29, 0.717) is 15.7 Å². The molecule has 0 unspecified atom stereocenters. The lowest BCUT2D eigenvalue weighted by atomic mass is 10.2. The molecule has 0 saturated heterocycles. The van der Waals surface area contributed by atoms with Crippen LogP contribution in [0.15, 0.2) is 45.7 Å². The van der Waals surface area contributed by atoms with Gasteiger partial charge in [-0.2, -0.15) is 8.42 Å². The molecular weight excluding hydrogens is 365 g/mol. The molecule has 10 heteroatoms. The van der Waals surface area contributed by atoms with E-state index in [1.165, 1.54) is 18.2 Å². The summed E-state index contributed by atoms with van der Waals surface area (Å²) in [5.74, 6) is 0.0269. The maximum absolute atomic E-state index is 12.1. The summed E-state index contributed by atoms with van der Waals surface area (Å²) in [6.45, 7) is 0. The van der Waals surface area contributed by atoms with Gasteiger partial charge in [0, 0.05) is 22.7 Å². The zero-order chi connectivity index (χ0) is 16.8. The second-order valence-electron chi connectivity index (χ2n) is 4.60. The van der Waals surface area contributed by atoms with Gasteiger partial charge in [0.05, 0.1) is 15.6 Å². The number of amidine groups is 1. The third-order valence-electron chi connectivity index (χ3n) is 3.10. The normalized spacial score (nSPS) is 15.0. The molecule has 7 nitrogen and oxygen atoms in total. The standard InChI is InChI=1S/C13H7Cl2N3O4S/c14-7-1-4-10(15)11(5-7)16-13-9-3-2-8(18(19)20)6-12(9)23(21,22)17-13/h1-6H,(H,16,17). The van der Waals surface area contributed by atoms with Crippen LogP contribution >= 0.6 is 23.2 Å². The molecule has 0 amide bonds. The zero-order valence-corrected chi connectivity index (χ0v) is 13.5. The average molecular weight is 372 g/mol. The first-order chi connectivity index (χ1) is 10.8. The van der Waals surface area contributed by atoms with Crippen molar-refractivity contribution in [3.05, 3.63) is 62.1 Å². The second kappa shape index (κ2) is 5.48. The Kier molecular flexibility index (Phi) is 3.75. The Morgan fingerprint density at radius 3 is 2.57 bits per heavy atom. The fourth-order valence-electron chi connectivity index (χ4n) is 2.06. The SMILES string of the molecule is O=[N+]([O-])c1ccc2c(c1)S(=O)(=O)N=C2Nc1cc(Cl)ccc1Cl. The van der Waals surface area contributed by atoms with Crippen LogP contribution in [-0.4, -0.2) is 19.2 Å². The molecule has 3 rings (SSSR count). The lowest BCUT2D eigenvalue weighted by Crippen LogP contribution is -2.11. The quantitative estimate of drug-likeness (QED) is 0.643. The highest BCUT2D eigenvalue weighted by molar-refractivity contribution is 7.90. The fraction of sp³-hybridized carbons (Fsp3) is 0. The summed E-state index contributed by atoms with van der Waals surface area (Å²) >= 11 is 11.9. The van der Waals surface area contributed by atoms with Crippen molar-refractivity contribution in [2.75, 3.05) is 5.32 Å². The zero-order valence-electron chi connectivity index (χ0n) is 11.2. The largest absolute Gasteiger partial charge is 0.338 e. The predicted octanol–water partition coefficient (Wildman–Crippen LogP) is 3.46. The van der Waals surface area contributed by atoms with Gasteiger partial charge in [0.2, 0.25) is 0 Å². The van der Waals surface area contributed by atoms with E-state index >= 15 is 0 Å². The van der Waals surface area contributed by atoms with Gasteiger partial charge in [0.15, 0.2) is 5.84 Å². The monoisotopic (exact) mass is 371 g/mol. The van der Waals surface area contributed by atoms with Gasteiger partial charge in [0.25, 0.3) is 15.7 Å². The van der Waals surface area contributed by atoms with Crippen LogP contribution in [0.3, 0.4) is 0 Å². The van der Waals surface area contributed by atoms with E-state index in [2.05, 4.69) is 9.71 Å². The minimum Gasteiger partial charge on any atom is -0.338 e. The van der Waals surface area contributed by atoms with Crippen LogP contribution in [0.5, 0.6) is 0 Å². The Morgan fingerprint density at radius 2 is 1.87 bits per heavy atom. The van der Waals surface area contributed by atoms with E-state index in [9.17, 15) is 18.5 Å². The minimum absolute atomic E-state index is 0.0269. The number of benzene rings is 2. The number of sulfonamides is 1. The first-order valence-corrected chi connectivity index (χ1v) is 8.33. The molecule has 2 aromatic rings. The van der Waals surface area contributed by atoms with E-state index in [4.69, 9.17) is 23.2 Å². The molecule has 0 spiro atoms. The van der Waals surface area contributed by atoms with Crippen molar-refractivity contribution in [2.24, 2.45) is 4.40 Å². The number of hydrogen-bond acceptors (Lipinski definition) is 5. The maximum atomic E-state index is 12.1. The summed E-state index contributed by atoms with van der Waals surface area (Å²) in [6.07, 6.45) is 0. The number of nitro groups is 1. The summed E-state index contributed by atoms with van der Waals surface area (Å²) in [5, 5.41) is 14.3. The topological polar surface area (TPSA) is 102 Å². The minimum atomic E-state index is -4.01. The average Bonchev–Trinajstić information content (AvgIpc) is 2.73. The Balaban J connectivity index is 2.07. The molecule has 0 radical (unpaired) electrons. The third-order valence-corrected chi connectivity index (χ3v) is 4.98. The highest BCUT2D eigenvalue weighted by atomic mass is 35.5. The van der Waals surface area contributed by atoms with Gasteiger partial charge in [-0.15, -0.1) is 4.40 Å². The van der Waals surface area contributed by atoms with Crippen LogP contribution in [0, 0.1) is 10.1 Å². The summed E-state index contributed by atoms with van der Waals surface area (Å²) in [5.41, 5.74) is 0.274. The van der Waals surface area contributed by atoms with Crippen molar-refractivity contribution in [2.45, 2.75) is 4.90 Å². The maximum Gasteiger partial charge on any atom is 0.285 e. The molecule has 0 fully saturated rings. The van der Waals surface area contributed by atoms with Crippen molar-refractivity contribution in [3.63, 3.8) is 0 Å². The molecule has 0 bridgehead atoms. The van der Waals surface area contributed by atoms with Gasteiger partial charge >= 0.3 is 0 Å². The molecule has 0 atom stereocenters. The molecule has 1 N–H and O–H groups in total. The number of nitrogens with one attached hydrogen (secondary N) is 1. The van der Waals surface area contributed by atoms with Crippen LogP contribution in [0.25, 0.3) is 0 Å². The van der Waals surface area contributed by atoms with E-state index in [1.807, 2.05) is 0 Å². The number of non-ortho nitro benzene ring substituents is 1. The van der Waals surface area contributed by atoms with Crippen LogP contribution in [-0.2, 0) is 10.0 Å². The van der Waals surface area contributed by atoms with Gasteiger partial charge in [-0.3, -0.25) is 10.1 Å². The molecule has 0 saturated carbocycles. The van der Waals surface area contributed by atoms with Gasteiger partial charge in [-0.25, -0.2) is 0 Å². The molecule has 118 valence electrons. The number of fused-ring (bicyclic) bond motifs is 1. The lowest BCUT2D eigenvalue weighted by Gasteiger charge is -2.08. The second-order valence-corrected chi connectivity index (χ2v) is 7.02. The molecule has 2 aromatic carbocycles. The molecule has 0 aromatic heterocycles. The Labute approximate surface area is 140 Å². The van der Waals surface area contributed by atoms with Crippen molar-refractivity contribution in [3.8, 4) is 0 Å². The number of hydrogen-bond donors (Lipinski definition) is 1. The van der Waals surface area contributed by atoms with E-state index in [0.717, 1.165) is 6.07 Å². The van der Waals surface area contributed by atoms with Gasteiger partial charge < -0.3 is 5.32 Å². The van der Waals surface area contributed by atoms with Gasteiger partial charge in [-0.05, 0) is 24.3 Å². The summed E-state index contributed by atoms with van der Waals surface area (Å²) in [4.78, 5) is 9.89. The number of halogens is 2. The van der Waals surface area contributed by atoms with Crippen LogP contribution in [0.2, 0.25) is 10.0 Å². The van der Waals surface area contributed by atoms with Crippen molar-refractivity contribution >= 4 is 50.4 Å². The molecule has 1 aliphatic rings. The molecule has 23 heavy (non-hydrogen) atoms. The Bertz CT molecular complexity index is 973. The summed E-state index contributed by atoms with van der Waals surface area (Å²) in [7, 11) is -4.01. The van der Waals surface area contributed by atoms with Gasteiger partial charge in [0.1, 0.15) is 4.90 Å². The van der Waals surface area contributed by atoms with Gasteiger partial charge in [-0.1, -0.05) is 23.2 Å². The Hall–Kier alpha value is -2.16. The first kappa shape index (κ1) is 15.7. The number of nitrogens with zero attached hydrogens (tertiary/aromatic N) is 2.